The average Bonchev–Trinajstić information content (AvgIpc) is 3.14. The number of benzene rings is 1. The van der Waals surface area contributed by atoms with E-state index in [0.29, 0.717) is 28.8 Å². The Bertz CT molecular complexity index is 1160. The molecule has 1 fully saturated rings. The maximum Gasteiger partial charge on any atom is 0.278 e. The van der Waals surface area contributed by atoms with Crippen LogP contribution in [0.3, 0.4) is 0 Å². The van der Waals surface area contributed by atoms with Crippen LogP contribution in [-0.4, -0.2) is 24.1 Å². The van der Waals surface area contributed by atoms with Gasteiger partial charge in [-0.15, -0.1) is 0 Å². The van der Waals surface area contributed by atoms with Crippen LogP contribution in [0, 0.1) is 6.92 Å². The quantitative estimate of drug-likeness (QED) is 0.566. The Morgan fingerprint density at radius 1 is 1.25 bits per heavy atom. The Balaban J connectivity index is 1.85. The summed E-state index contributed by atoms with van der Waals surface area (Å²) in [4.78, 5) is 21.7. The molecule has 0 amide bonds. The van der Waals surface area contributed by atoms with Gasteiger partial charge >= 0.3 is 0 Å². The first-order valence-electron chi connectivity index (χ1n) is 7.94. The molecular weight excluding hydrogens is 306 g/mol. The SMILES string of the molecule is Cc1cccc2c1n(C)c(=O)c1c(-c3nc(C4CC4)no3)ncn12. The zero-order valence-corrected chi connectivity index (χ0v) is 13.4. The van der Waals surface area contributed by atoms with Gasteiger partial charge in [-0.3, -0.25) is 9.20 Å². The van der Waals surface area contributed by atoms with Crippen molar-refractivity contribution < 1.29 is 4.52 Å². The maximum atomic E-state index is 12.9. The Kier molecular flexibility index (Phi) is 2.54. The number of fused-ring (bicyclic) bond motifs is 3. The molecule has 0 saturated heterocycles. The van der Waals surface area contributed by atoms with Gasteiger partial charge in [0.2, 0.25) is 0 Å². The van der Waals surface area contributed by atoms with Crippen molar-refractivity contribution >= 4 is 16.6 Å². The highest BCUT2D eigenvalue weighted by atomic mass is 16.5. The van der Waals surface area contributed by atoms with Gasteiger partial charge in [0.1, 0.15) is 11.8 Å². The number of imidazole rings is 1. The van der Waals surface area contributed by atoms with Crippen molar-refractivity contribution in [2.24, 2.45) is 7.05 Å². The number of aromatic nitrogens is 5. The van der Waals surface area contributed by atoms with Gasteiger partial charge in [-0.2, -0.15) is 4.98 Å². The summed E-state index contributed by atoms with van der Waals surface area (Å²) in [5, 5.41) is 4.03. The summed E-state index contributed by atoms with van der Waals surface area (Å²) in [6.45, 7) is 1.99. The lowest BCUT2D eigenvalue weighted by Crippen LogP contribution is -2.20. The molecule has 0 radical (unpaired) electrons. The lowest BCUT2D eigenvalue weighted by Gasteiger charge is -2.10. The summed E-state index contributed by atoms with van der Waals surface area (Å²) in [5.74, 6) is 1.41. The van der Waals surface area contributed by atoms with Gasteiger partial charge in [0, 0.05) is 13.0 Å². The van der Waals surface area contributed by atoms with E-state index in [2.05, 4.69) is 15.1 Å². The van der Waals surface area contributed by atoms with Crippen LogP contribution in [0.4, 0.5) is 0 Å². The van der Waals surface area contributed by atoms with Crippen molar-refractivity contribution in [2.45, 2.75) is 25.7 Å². The normalized spacial score (nSPS) is 14.8. The van der Waals surface area contributed by atoms with Crippen LogP contribution in [0.1, 0.15) is 30.1 Å². The third-order valence-corrected chi connectivity index (χ3v) is 4.67. The number of hydrogen-bond donors (Lipinski definition) is 0. The summed E-state index contributed by atoms with van der Waals surface area (Å²) in [5.41, 5.74) is 3.63. The van der Waals surface area contributed by atoms with Gasteiger partial charge in [0.15, 0.2) is 11.5 Å². The fourth-order valence-electron chi connectivity index (χ4n) is 3.26. The van der Waals surface area contributed by atoms with Gasteiger partial charge in [-0.1, -0.05) is 17.3 Å². The zero-order valence-electron chi connectivity index (χ0n) is 13.4. The Labute approximate surface area is 136 Å². The molecule has 1 saturated carbocycles. The summed E-state index contributed by atoms with van der Waals surface area (Å²) in [7, 11) is 1.78. The van der Waals surface area contributed by atoms with E-state index in [9.17, 15) is 4.79 Å². The lowest BCUT2D eigenvalue weighted by molar-refractivity contribution is 0.422. The molecule has 120 valence electrons. The highest BCUT2D eigenvalue weighted by Gasteiger charge is 2.30. The van der Waals surface area contributed by atoms with Gasteiger partial charge in [-0.25, -0.2) is 4.98 Å². The number of rotatable bonds is 2. The number of aryl methyl sites for hydroxylation is 2. The average molecular weight is 321 g/mol. The van der Waals surface area contributed by atoms with E-state index in [1.54, 1.807) is 22.3 Å². The molecule has 1 aromatic carbocycles. The van der Waals surface area contributed by atoms with Gasteiger partial charge in [-0.05, 0) is 31.4 Å². The van der Waals surface area contributed by atoms with Gasteiger partial charge in [0.25, 0.3) is 11.4 Å². The topological polar surface area (TPSA) is 78.2 Å². The van der Waals surface area contributed by atoms with Crippen molar-refractivity contribution in [3.63, 3.8) is 0 Å². The second-order valence-corrected chi connectivity index (χ2v) is 6.35. The molecule has 0 bridgehead atoms. The van der Waals surface area contributed by atoms with E-state index < -0.39 is 0 Å². The standard InChI is InChI=1S/C17H15N5O2/c1-9-4-3-5-11-13(9)21(2)17(23)14-12(18-8-22(11)14)16-19-15(20-24-16)10-6-7-10/h3-5,8,10H,6-7H2,1-2H3. The molecule has 3 aromatic heterocycles. The largest absolute Gasteiger partial charge is 0.332 e. The van der Waals surface area contributed by atoms with Crippen LogP contribution in [0.5, 0.6) is 0 Å². The van der Waals surface area contributed by atoms with E-state index in [1.807, 2.05) is 25.1 Å². The molecule has 3 heterocycles. The molecule has 7 heteroatoms. The maximum absolute atomic E-state index is 12.9. The van der Waals surface area contributed by atoms with Crippen molar-refractivity contribution in [3.8, 4) is 11.6 Å². The number of para-hydroxylation sites is 1. The summed E-state index contributed by atoms with van der Waals surface area (Å²) in [6.07, 6.45) is 3.83. The minimum atomic E-state index is -0.129. The first-order valence-corrected chi connectivity index (χ1v) is 7.94. The van der Waals surface area contributed by atoms with E-state index in [0.717, 1.165) is 29.4 Å². The minimum Gasteiger partial charge on any atom is -0.332 e. The molecular formula is C17H15N5O2. The highest BCUT2D eigenvalue weighted by molar-refractivity contribution is 5.85. The lowest BCUT2D eigenvalue weighted by atomic mass is 10.2. The fraction of sp³-hybridized carbons (Fsp3) is 0.294. The molecule has 1 aliphatic carbocycles. The first kappa shape index (κ1) is 13.5. The molecule has 0 aliphatic heterocycles. The van der Waals surface area contributed by atoms with E-state index in [1.165, 1.54) is 0 Å². The third kappa shape index (κ3) is 1.72. The van der Waals surface area contributed by atoms with Crippen LogP contribution in [-0.2, 0) is 7.05 Å². The van der Waals surface area contributed by atoms with Crippen LogP contribution >= 0.6 is 0 Å². The Morgan fingerprint density at radius 2 is 2.08 bits per heavy atom. The Hall–Kier alpha value is -2.96. The smallest absolute Gasteiger partial charge is 0.278 e. The van der Waals surface area contributed by atoms with Crippen LogP contribution in [0.15, 0.2) is 33.8 Å². The number of hydrogen-bond acceptors (Lipinski definition) is 5. The van der Waals surface area contributed by atoms with Crippen LogP contribution < -0.4 is 5.56 Å². The van der Waals surface area contributed by atoms with Gasteiger partial charge < -0.3 is 9.09 Å². The van der Waals surface area contributed by atoms with Crippen molar-refractivity contribution in [3.05, 3.63) is 46.3 Å². The summed E-state index contributed by atoms with van der Waals surface area (Å²) < 4.78 is 8.83. The predicted octanol–water partition coefficient (Wildman–Crippen LogP) is 2.42. The van der Waals surface area contributed by atoms with Crippen molar-refractivity contribution in [2.75, 3.05) is 0 Å². The molecule has 1 aliphatic rings. The molecule has 4 aromatic rings. The molecule has 0 N–H and O–H groups in total. The second kappa shape index (κ2) is 4.53. The van der Waals surface area contributed by atoms with Crippen molar-refractivity contribution in [1.82, 2.24) is 24.1 Å². The predicted molar refractivity (Wildman–Crippen MR) is 87.9 cm³/mol. The monoisotopic (exact) mass is 321 g/mol. The molecule has 5 rings (SSSR count). The van der Waals surface area contributed by atoms with E-state index in [-0.39, 0.29) is 5.56 Å². The van der Waals surface area contributed by atoms with E-state index >= 15 is 0 Å². The van der Waals surface area contributed by atoms with E-state index in [4.69, 9.17) is 4.52 Å². The molecule has 7 nitrogen and oxygen atoms in total. The molecule has 0 atom stereocenters. The summed E-state index contributed by atoms with van der Waals surface area (Å²) in [6, 6.07) is 5.94. The molecule has 24 heavy (non-hydrogen) atoms. The van der Waals surface area contributed by atoms with Crippen LogP contribution in [0.2, 0.25) is 0 Å². The summed E-state index contributed by atoms with van der Waals surface area (Å²) >= 11 is 0. The highest BCUT2D eigenvalue weighted by Crippen LogP contribution is 2.39. The molecule has 0 unspecified atom stereocenters. The second-order valence-electron chi connectivity index (χ2n) is 6.35. The molecule has 0 spiro atoms. The van der Waals surface area contributed by atoms with Crippen LogP contribution in [0.25, 0.3) is 28.1 Å². The Morgan fingerprint density at radius 3 is 2.88 bits per heavy atom. The number of nitrogens with zero attached hydrogens (tertiary/aromatic N) is 5. The van der Waals surface area contributed by atoms with Gasteiger partial charge in [0.05, 0.1) is 11.0 Å². The zero-order chi connectivity index (χ0) is 16.4. The van der Waals surface area contributed by atoms with Crippen molar-refractivity contribution in [1.29, 1.82) is 0 Å². The minimum absolute atomic E-state index is 0.129. The third-order valence-electron chi connectivity index (χ3n) is 4.67. The first-order chi connectivity index (χ1) is 11.6. The fourth-order valence-corrected chi connectivity index (χ4v) is 3.26.